The maximum Gasteiger partial charge on any atom is 0.309 e. The van der Waals surface area contributed by atoms with E-state index in [0.29, 0.717) is 29.5 Å². The Kier molecular flexibility index (Phi) is 6.27. The zero-order valence-electron chi connectivity index (χ0n) is 21.4. The average molecular weight is 517 g/mol. The summed E-state index contributed by atoms with van der Waals surface area (Å²) in [6, 6.07) is 11.9. The van der Waals surface area contributed by atoms with Crippen LogP contribution in [0.2, 0.25) is 0 Å². The van der Waals surface area contributed by atoms with Crippen molar-refractivity contribution in [3.8, 4) is 5.75 Å². The maximum atomic E-state index is 13.5. The van der Waals surface area contributed by atoms with Crippen molar-refractivity contribution in [1.29, 1.82) is 0 Å². The van der Waals surface area contributed by atoms with Gasteiger partial charge in [0.2, 0.25) is 0 Å². The SMILES string of the molecule is COc1cc(C2(NC(=O)c3ccccc3CNC(=O)C(=O)NC[C@@H]3CCN3)CC2)cc2cn(C3CC3)nc12. The van der Waals surface area contributed by atoms with Crippen molar-refractivity contribution in [3.05, 3.63) is 59.3 Å². The zero-order chi connectivity index (χ0) is 26.3. The van der Waals surface area contributed by atoms with Crippen LogP contribution in [-0.4, -0.2) is 53.7 Å². The number of hydrogen-bond acceptors (Lipinski definition) is 6. The Hall–Kier alpha value is -3.92. The normalized spacial score (nSPS) is 19.3. The number of nitrogens with zero attached hydrogens (tertiary/aromatic N) is 2. The first-order valence-corrected chi connectivity index (χ1v) is 13.2. The molecule has 38 heavy (non-hydrogen) atoms. The van der Waals surface area contributed by atoms with E-state index in [9.17, 15) is 14.4 Å². The third kappa shape index (κ3) is 4.83. The lowest BCUT2D eigenvalue weighted by molar-refractivity contribution is -0.139. The number of fused-ring (bicyclic) bond motifs is 1. The van der Waals surface area contributed by atoms with Crippen LogP contribution in [0.15, 0.2) is 42.6 Å². The van der Waals surface area contributed by atoms with Gasteiger partial charge >= 0.3 is 11.8 Å². The molecular weight excluding hydrogens is 484 g/mol. The van der Waals surface area contributed by atoms with Gasteiger partial charge in [-0.15, -0.1) is 0 Å². The first kappa shape index (κ1) is 24.4. The summed E-state index contributed by atoms with van der Waals surface area (Å²) in [7, 11) is 1.64. The molecule has 2 aromatic carbocycles. The minimum atomic E-state index is -0.717. The van der Waals surface area contributed by atoms with E-state index in [-0.39, 0.29) is 18.5 Å². The minimum absolute atomic E-state index is 0.0741. The Labute approximate surface area is 220 Å². The monoisotopic (exact) mass is 516 g/mol. The number of carbonyl (C=O) groups excluding carboxylic acids is 3. The van der Waals surface area contributed by atoms with Crippen molar-refractivity contribution in [2.45, 2.75) is 56.3 Å². The summed E-state index contributed by atoms with van der Waals surface area (Å²) in [5, 5.41) is 17.4. The summed E-state index contributed by atoms with van der Waals surface area (Å²) in [5.74, 6) is -0.912. The molecule has 0 radical (unpaired) electrons. The van der Waals surface area contributed by atoms with Crippen molar-refractivity contribution in [2.24, 2.45) is 0 Å². The summed E-state index contributed by atoms with van der Waals surface area (Å²) >= 11 is 0. The zero-order valence-corrected chi connectivity index (χ0v) is 21.4. The van der Waals surface area contributed by atoms with Gasteiger partial charge in [0.05, 0.1) is 18.7 Å². The number of hydrogen-bond donors (Lipinski definition) is 4. The van der Waals surface area contributed by atoms with E-state index in [1.165, 1.54) is 0 Å². The van der Waals surface area contributed by atoms with Gasteiger partial charge in [0.1, 0.15) is 11.3 Å². The number of rotatable bonds is 9. The fourth-order valence-corrected chi connectivity index (χ4v) is 4.95. The molecule has 10 heteroatoms. The number of benzene rings is 2. The lowest BCUT2D eigenvalue weighted by Gasteiger charge is -2.27. The molecule has 0 unspecified atom stereocenters. The van der Waals surface area contributed by atoms with Crippen LogP contribution in [0.25, 0.3) is 10.9 Å². The Balaban J connectivity index is 1.15. The first-order chi connectivity index (χ1) is 18.5. The molecular formula is C28H32N6O4. The van der Waals surface area contributed by atoms with Gasteiger partial charge in [0.15, 0.2) is 0 Å². The van der Waals surface area contributed by atoms with Crippen LogP contribution >= 0.6 is 0 Å². The number of aromatic nitrogens is 2. The molecule has 2 saturated carbocycles. The molecule has 6 rings (SSSR count). The summed E-state index contributed by atoms with van der Waals surface area (Å²) in [5.41, 5.74) is 2.45. The van der Waals surface area contributed by atoms with Gasteiger partial charge in [-0.05, 0) is 68.0 Å². The number of methoxy groups -OCH3 is 1. The molecule has 0 spiro atoms. The summed E-state index contributed by atoms with van der Waals surface area (Å²) in [4.78, 5) is 37.9. The predicted octanol–water partition coefficient (Wildman–Crippen LogP) is 1.89. The van der Waals surface area contributed by atoms with E-state index >= 15 is 0 Å². The highest BCUT2D eigenvalue weighted by Crippen LogP contribution is 2.48. The highest BCUT2D eigenvalue weighted by Gasteiger charge is 2.46. The third-order valence-electron chi connectivity index (χ3n) is 7.73. The van der Waals surface area contributed by atoms with Gasteiger partial charge in [0, 0.05) is 36.3 Å². The topological polar surface area (TPSA) is 126 Å². The number of amides is 3. The quantitative estimate of drug-likeness (QED) is 0.322. The number of nitrogens with one attached hydrogen (secondary N) is 4. The van der Waals surface area contributed by atoms with Gasteiger partial charge in [-0.3, -0.25) is 19.1 Å². The molecule has 2 aliphatic carbocycles. The maximum absolute atomic E-state index is 13.5. The second kappa shape index (κ2) is 9.75. The van der Waals surface area contributed by atoms with Crippen LogP contribution in [0.4, 0.5) is 0 Å². The van der Waals surface area contributed by atoms with E-state index < -0.39 is 17.4 Å². The van der Waals surface area contributed by atoms with Gasteiger partial charge in [-0.1, -0.05) is 18.2 Å². The second-order valence-electron chi connectivity index (χ2n) is 10.5. The first-order valence-electron chi connectivity index (χ1n) is 13.2. The lowest BCUT2D eigenvalue weighted by atomic mass is 10.0. The van der Waals surface area contributed by atoms with Crippen molar-refractivity contribution in [3.63, 3.8) is 0 Å². The Morgan fingerprint density at radius 3 is 2.55 bits per heavy atom. The third-order valence-corrected chi connectivity index (χ3v) is 7.73. The molecule has 3 fully saturated rings. The van der Waals surface area contributed by atoms with Crippen molar-refractivity contribution >= 4 is 28.6 Å². The molecule has 0 bridgehead atoms. The molecule has 1 atom stereocenters. The van der Waals surface area contributed by atoms with Crippen LogP contribution in [0.3, 0.4) is 0 Å². The highest BCUT2D eigenvalue weighted by atomic mass is 16.5. The summed E-state index contributed by atoms with van der Waals surface area (Å²) < 4.78 is 7.68. The molecule has 3 amide bonds. The molecule has 1 saturated heterocycles. The van der Waals surface area contributed by atoms with E-state index in [1.54, 1.807) is 25.3 Å². The van der Waals surface area contributed by atoms with E-state index in [0.717, 1.165) is 55.1 Å². The van der Waals surface area contributed by atoms with Crippen LogP contribution in [0, 0.1) is 0 Å². The Morgan fingerprint density at radius 1 is 1.11 bits per heavy atom. The minimum Gasteiger partial charge on any atom is -0.494 e. The van der Waals surface area contributed by atoms with Gasteiger partial charge < -0.3 is 26.0 Å². The van der Waals surface area contributed by atoms with Crippen molar-refractivity contribution < 1.29 is 19.1 Å². The summed E-state index contributed by atoms with van der Waals surface area (Å²) in [6.07, 6.45) is 6.97. The van der Waals surface area contributed by atoms with Crippen LogP contribution in [0.5, 0.6) is 5.75 Å². The Morgan fingerprint density at radius 2 is 1.87 bits per heavy atom. The Bertz CT molecular complexity index is 1400. The molecule has 1 aliphatic heterocycles. The lowest BCUT2D eigenvalue weighted by Crippen LogP contribution is -2.52. The largest absolute Gasteiger partial charge is 0.494 e. The van der Waals surface area contributed by atoms with Gasteiger partial charge in [-0.25, -0.2) is 0 Å². The fourth-order valence-electron chi connectivity index (χ4n) is 4.95. The van der Waals surface area contributed by atoms with Crippen LogP contribution in [-0.2, 0) is 21.7 Å². The fraction of sp³-hybridized carbons (Fsp3) is 0.429. The van der Waals surface area contributed by atoms with Crippen LogP contribution in [0.1, 0.15) is 59.6 Å². The van der Waals surface area contributed by atoms with E-state index in [1.807, 2.05) is 16.8 Å². The van der Waals surface area contributed by atoms with Crippen LogP contribution < -0.4 is 26.0 Å². The molecule has 2 heterocycles. The average Bonchev–Trinajstić information content (AvgIpc) is 3.84. The standard InChI is InChI=1S/C28H32N6O4/c1-38-23-13-19(12-18-16-34(21-6-7-21)33-24(18)23)28(9-10-28)32-25(35)22-5-3-2-4-17(22)14-30-26(36)27(37)31-15-20-8-11-29-20/h2-5,12-13,16,20-21,29H,6-11,14-15H2,1H3,(H,30,36)(H,31,37)(H,32,35)/t20-/m0/s1. The van der Waals surface area contributed by atoms with E-state index in [4.69, 9.17) is 9.84 Å². The van der Waals surface area contributed by atoms with E-state index in [2.05, 4.69) is 33.5 Å². The van der Waals surface area contributed by atoms with Gasteiger partial charge in [0.25, 0.3) is 5.91 Å². The van der Waals surface area contributed by atoms with Gasteiger partial charge in [-0.2, -0.15) is 5.10 Å². The number of ether oxygens (including phenoxy) is 1. The van der Waals surface area contributed by atoms with Crippen molar-refractivity contribution in [2.75, 3.05) is 20.2 Å². The molecule has 4 N–H and O–H groups in total. The molecule has 3 aliphatic rings. The molecule has 3 aromatic rings. The molecule has 1 aromatic heterocycles. The molecule has 10 nitrogen and oxygen atoms in total. The smallest absolute Gasteiger partial charge is 0.309 e. The molecule has 198 valence electrons. The highest BCUT2D eigenvalue weighted by molar-refractivity contribution is 6.35. The number of carbonyl (C=O) groups is 3. The van der Waals surface area contributed by atoms with Crippen molar-refractivity contribution in [1.82, 2.24) is 31.0 Å². The second-order valence-corrected chi connectivity index (χ2v) is 10.5. The predicted molar refractivity (Wildman–Crippen MR) is 141 cm³/mol. The summed E-state index contributed by atoms with van der Waals surface area (Å²) in [6.45, 7) is 1.43.